The van der Waals surface area contributed by atoms with Crippen molar-refractivity contribution in [3.05, 3.63) is 0 Å². The van der Waals surface area contributed by atoms with Crippen LogP contribution in [0.25, 0.3) is 0 Å². The minimum absolute atomic E-state index is 0. The molecule has 0 saturated heterocycles. The van der Waals surface area contributed by atoms with Crippen molar-refractivity contribution < 1.29 is 42.3 Å². The third kappa shape index (κ3) is 91.6. The second kappa shape index (κ2) is 26.1. The van der Waals surface area contributed by atoms with E-state index in [-0.39, 0.29) is 32.7 Å². The first-order chi connectivity index (χ1) is 3.33. The first-order valence-corrected chi connectivity index (χ1v) is 1.97. The number of hydrogen-bond acceptors (Lipinski definition) is 2. The van der Waals surface area contributed by atoms with Gasteiger partial charge in [-0.2, -0.15) is 13.3 Å². The summed E-state index contributed by atoms with van der Waals surface area (Å²) in [5.41, 5.74) is 0. The maximum atomic E-state index is 9.05. The molecule has 0 atom stereocenters. The summed E-state index contributed by atoms with van der Waals surface area (Å²) >= 11 is 0. The van der Waals surface area contributed by atoms with Crippen LogP contribution in [0.15, 0.2) is 0 Å². The van der Waals surface area contributed by atoms with Gasteiger partial charge in [-0.15, -0.1) is 0 Å². The molecule has 0 aromatic carbocycles. The molecule has 45 valence electrons. The van der Waals surface area contributed by atoms with Crippen LogP contribution in [0.5, 0.6) is 0 Å². The topological polar surface area (TPSA) is 34.1 Å². The molecule has 0 N–H and O–H groups in total. The van der Waals surface area contributed by atoms with Crippen molar-refractivity contribution in [1.29, 1.82) is 0 Å². The average Bonchev–Trinajstić information content (AvgIpc) is 1.69. The molecule has 0 heterocycles. The van der Waals surface area contributed by atoms with E-state index in [2.05, 4.69) is 0 Å². The van der Waals surface area contributed by atoms with E-state index in [9.17, 15) is 0 Å². The maximum Gasteiger partial charge on any atom is 0 e. The molecule has 0 aliphatic heterocycles. The zero-order valence-electron chi connectivity index (χ0n) is 5.10. The Morgan fingerprint density at radius 2 is 1.50 bits per heavy atom. The molecular weight excluding hydrogens is 181 g/mol. The largest absolute Gasteiger partial charge is 0.542 e. The Hall–Kier alpha value is 0.444. The minimum Gasteiger partial charge on any atom is -0.542 e. The Morgan fingerprint density at radius 1 is 1.38 bits per heavy atom. The van der Waals surface area contributed by atoms with Crippen LogP contribution in [0, 0.1) is 0 Å². The van der Waals surface area contributed by atoms with E-state index in [1.807, 2.05) is 0 Å². The van der Waals surface area contributed by atoms with Gasteiger partial charge in [0.1, 0.15) is 0 Å². The van der Waals surface area contributed by atoms with Crippen LogP contribution in [0.3, 0.4) is 0 Å². The fourth-order valence-corrected chi connectivity index (χ4v) is 0. The fourth-order valence-electron chi connectivity index (χ4n) is 0. The van der Waals surface area contributed by atoms with Crippen LogP contribution in [0.1, 0.15) is 20.3 Å². The molecule has 0 unspecified atom stereocenters. The van der Waals surface area contributed by atoms with E-state index in [1.54, 1.807) is 13.2 Å². The van der Waals surface area contributed by atoms with E-state index >= 15 is 0 Å². The summed E-state index contributed by atoms with van der Waals surface area (Å²) in [5, 5.41) is 0. The molecule has 2 nitrogen and oxygen atoms in total. The van der Waals surface area contributed by atoms with E-state index in [1.165, 1.54) is 13.2 Å². The first-order valence-electron chi connectivity index (χ1n) is 1.97. The molecule has 0 bridgehead atoms. The predicted molar refractivity (Wildman–Crippen MR) is 27.4 cm³/mol. The van der Waals surface area contributed by atoms with Gasteiger partial charge in [-0.25, -0.2) is 0 Å². The average molecular weight is 189 g/mol. The summed E-state index contributed by atoms with van der Waals surface area (Å²) in [4.78, 5) is 17.7. The molecule has 8 heavy (non-hydrogen) atoms. The molecule has 0 aromatic heterocycles. The van der Waals surface area contributed by atoms with Crippen LogP contribution in [0.2, 0.25) is 0 Å². The Bertz CT molecular complexity index is 45.7. The van der Waals surface area contributed by atoms with Gasteiger partial charge < -0.3 is 9.59 Å². The summed E-state index contributed by atoms with van der Waals surface area (Å²) in [5.74, 6) is 0. The zero-order chi connectivity index (χ0) is 6.12. The third-order valence-electron chi connectivity index (χ3n) is 0.144. The fraction of sp³-hybridized carbons (Fsp3) is 0.600. The van der Waals surface area contributed by atoms with E-state index in [4.69, 9.17) is 9.59 Å². The van der Waals surface area contributed by atoms with Crippen molar-refractivity contribution in [1.82, 2.24) is 0 Å². The molecule has 0 spiro atoms. The molecule has 0 aliphatic rings. The molecule has 0 aliphatic carbocycles. The summed E-state index contributed by atoms with van der Waals surface area (Å²) in [6.45, 7) is 3.08. The number of carbonyl (C=O) groups excluding carboxylic acids is 2. The Kier molecular flexibility index (Phi) is 51.4. The molecule has 0 amide bonds. The summed E-state index contributed by atoms with van der Waals surface area (Å²) < 4.78 is 0. The normalized spacial score (nSPS) is 4.75. The van der Waals surface area contributed by atoms with Gasteiger partial charge in [0, 0.05) is 32.7 Å². The van der Waals surface area contributed by atoms with Crippen LogP contribution >= 0.6 is 0 Å². The molecular formula is C5H8O2Y-2. The monoisotopic (exact) mass is 189 g/mol. The minimum atomic E-state index is 0. The van der Waals surface area contributed by atoms with E-state index in [0.717, 1.165) is 0 Å². The predicted octanol–water partition coefficient (Wildman–Crippen LogP) is 0.620. The molecule has 0 fully saturated rings. The van der Waals surface area contributed by atoms with Crippen molar-refractivity contribution >= 4 is 12.6 Å². The van der Waals surface area contributed by atoms with Crippen LogP contribution in [-0.4, -0.2) is 12.6 Å². The summed E-state index contributed by atoms with van der Waals surface area (Å²) in [6, 6.07) is 0. The summed E-state index contributed by atoms with van der Waals surface area (Å²) in [6.07, 6.45) is 3.69. The Balaban J connectivity index is -0.0000000575. The van der Waals surface area contributed by atoms with Crippen LogP contribution in [-0.2, 0) is 42.3 Å². The van der Waals surface area contributed by atoms with Gasteiger partial charge in [0.15, 0.2) is 0 Å². The van der Waals surface area contributed by atoms with Crippen molar-refractivity contribution in [3.63, 3.8) is 0 Å². The van der Waals surface area contributed by atoms with Crippen molar-refractivity contribution in [3.8, 4) is 0 Å². The van der Waals surface area contributed by atoms with Gasteiger partial charge in [0.25, 0.3) is 0 Å². The smallest absolute Gasteiger partial charge is 0 e. The summed E-state index contributed by atoms with van der Waals surface area (Å²) in [7, 11) is 0. The number of hydrogen-bond donors (Lipinski definition) is 0. The Morgan fingerprint density at radius 3 is 1.50 bits per heavy atom. The van der Waals surface area contributed by atoms with Gasteiger partial charge in [-0.05, 0) is 0 Å². The van der Waals surface area contributed by atoms with Crippen molar-refractivity contribution in [2.75, 3.05) is 0 Å². The van der Waals surface area contributed by atoms with Gasteiger partial charge in [0.05, 0.1) is 0 Å². The third-order valence-corrected chi connectivity index (χ3v) is 0.144. The van der Waals surface area contributed by atoms with E-state index in [0.29, 0.717) is 6.42 Å². The maximum absolute atomic E-state index is 9.05. The molecule has 0 saturated carbocycles. The van der Waals surface area contributed by atoms with Crippen molar-refractivity contribution in [2.45, 2.75) is 20.3 Å². The van der Waals surface area contributed by atoms with E-state index < -0.39 is 0 Å². The molecule has 1 radical (unpaired) electrons. The standard InChI is InChI=1S/C3H5O.C2H3O.Y/c1-2-3-4;1-2-3;/h2H2,1H3;1H3;/q2*-1;. The van der Waals surface area contributed by atoms with Gasteiger partial charge in [0.2, 0.25) is 0 Å². The van der Waals surface area contributed by atoms with Gasteiger partial charge >= 0.3 is 0 Å². The van der Waals surface area contributed by atoms with Gasteiger partial charge in [-0.3, -0.25) is 12.6 Å². The quantitative estimate of drug-likeness (QED) is 0.566. The van der Waals surface area contributed by atoms with Gasteiger partial charge in [-0.1, -0.05) is 6.92 Å². The second-order valence-corrected chi connectivity index (χ2v) is 0.702. The molecule has 0 rings (SSSR count). The van der Waals surface area contributed by atoms with Crippen LogP contribution in [0.4, 0.5) is 0 Å². The number of rotatable bonds is 1. The molecule has 3 heteroatoms. The Labute approximate surface area is 74.9 Å². The zero-order valence-corrected chi connectivity index (χ0v) is 7.94. The first kappa shape index (κ1) is 15.8. The molecule has 0 aromatic rings. The second-order valence-electron chi connectivity index (χ2n) is 0.702. The van der Waals surface area contributed by atoms with Crippen LogP contribution < -0.4 is 0 Å². The SMILES string of the molecule is CC[C-]=O.C[C-]=O.[Y]. The van der Waals surface area contributed by atoms with Crippen molar-refractivity contribution in [2.24, 2.45) is 0 Å².